The maximum absolute atomic E-state index is 3.80. The zero-order valence-electron chi connectivity index (χ0n) is 25.6. The van der Waals surface area contributed by atoms with Crippen LogP contribution in [0.4, 0.5) is 0 Å². The van der Waals surface area contributed by atoms with Gasteiger partial charge in [0.15, 0.2) is 0 Å². The molecule has 0 N–H and O–H groups in total. The van der Waals surface area contributed by atoms with E-state index in [0.717, 1.165) is 0 Å². The van der Waals surface area contributed by atoms with Gasteiger partial charge in [0.1, 0.15) is 0 Å². The third-order valence-corrected chi connectivity index (χ3v) is 8.26. The first-order chi connectivity index (χ1) is 17.9. The number of rotatable bonds is 33. The van der Waals surface area contributed by atoms with Crippen molar-refractivity contribution in [3.8, 4) is 0 Å². The van der Waals surface area contributed by atoms with Crippen molar-refractivity contribution in [1.82, 2.24) is 0 Å². The molecule has 0 spiro atoms. The van der Waals surface area contributed by atoms with Crippen LogP contribution >= 0.6 is 0 Å². The summed E-state index contributed by atoms with van der Waals surface area (Å²) in [7, 11) is 0. The normalized spacial score (nSPS) is 11.4. The lowest BCUT2D eigenvalue weighted by Crippen LogP contribution is -1.85. The van der Waals surface area contributed by atoms with Gasteiger partial charge in [-0.05, 0) is 12.8 Å². The molecular formula is C36H72. The molecule has 0 aliphatic rings. The zero-order chi connectivity index (χ0) is 26.0. The molecule has 0 saturated carbocycles. The van der Waals surface area contributed by atoms with Crippen molar-refractivity contribution in [1.29, 1.82) is 0 Å². The Morgan fingerprint density at radius 3 is 0.611 bits per heavy atom. The van der Waals surface area contributed by atoms with E-state index in [0.29, 0.717) is 0 Å². The van der Waals surface area contributed by atoms with Gasteiger partial charge < -0.3 is 0 Å². The Bertz CT molecular complexity index is 370. The van der Waals surface area contributed by atoms with Crippen LogP contribution in [0.5, 0.6) is 0 Å². The number of hydrogen-bond acceptors (Lipinski definition) is 0. The Morgan fingerprint density at radius 2 is 0.444 bits per heavy atom. The van der Waals surface area contributed by atoms with Crippen molar-refractivity contribution in [2.75, 3.05) is 0 Å². The third-order valence-electron chi connectivity index (χ3n) is 8.26. The second-order valence-corrected chi connectivity index (χ2v) is 12.0. The largest absolute Gasteiger partial charge is 0.103 e. The van der Waals surface area contributed by atoms with Crippen molar-refractivity contribution < 1.29 is 0 Å². The molecule has 0 aromatic rings. The van der Waals surface area contributed by atoms with Gasteiger partial charge in [-0.3, -0.25) is 0 Å². The molecule has 0 amide bonds. The number of hydrogen-bond donors (Lipinski definition) is 0. The summed E-state index contributed by atoms with van der Waals surface area (Å²) in [4.78, 5) is 0. The van der Waals surface area contributed by atoms with Crippen LogP contribution < -0.4 is 0 Å². The Balaban J connectivity index is 3.00. The van der Waals surface area contributed by atoms with Crippen LogP contribution in [0.3, 0.4) is 0 Å². The first-order valence-electron chi connectivity index (χ1n) is 17.5. The molecule has 0 aliphatic heterocycles. The molecule has 0 heteroatoms. The van der Waals surface area contributed by atoms with E-state index in [9.17, 15) is 0 Å². The number of allylic oxidation sites excluding steroid dienone is 1. The Hall–Kier alpha value is -0.260. The van der Waals surface area contributed by atoms with Gasteiger partial charge in [0.05, 0.1) is 0 Å². The standard InChI is InChI=1S/C36H72/c1-3-5-7-9-11-13-15-17-19-21-23-25-27-29-31-33-35-36-34-32-30-28-26-24-22-20-18-16-14-12-10-8-6-4-2/h3H,1,4-36H2,2H3. The molecule has 0 saturated heterocycles. The summed E-state index contributed by atoms with van der Waals surface area (Å²) < 4.78 is 0. The molecule has 0 bridgehead atoms. The van der Waals surface area contributed by atoms with Gasteiger partial charge in [-0.15, -0.1) is 6.58 Å². The first kappa shape index (κ1) is 35.7. The van der Waals surface area contributed by atoms with Crippen LogP contribution in [0.1, 0.15) is 219 Å². The van der Waals surface area contributed by atoms with Crippen LogP contribution in [-0.2, 0) is 0 Å². The predicted molar refractivity (Wildman–Crippen MR) is 168 cm³/mol. The highest BCUT2D eigenvalue weighted by Crippen LogP contribution is 2.16. The molecule has 0 nitrogen and oxygen atoms in total. The second kappa shape index (κ2) is 34.7. The minimum Gasteiger partial charge on any atom is -0.103 e. The van der Waals surface area contributed by atoms with Crippen LogP contribution in [-0.4, -0.2) is 0 Å². The van der Waals surface area contributed by atoms with Gasteiger partial charge in [0.2, 0.25) is 0 Å². The summed E-state index contributed by atoms with van der Waals surface area (Å²) in [5.41, 5.74) is 0. The molecule has 0 unspecified atom stereocenters. The van der Waals surface area contributed by atoms with Crippen molar-refractivity contribution in [3.05, 3.63) is 12.7 Å². The summed E-state index contributed by atoms with van der Waals surface area (Å²) >= 11 is 0. The van der Waals surface area contributed by atoms with Gasteiger partial charge in [-0.1, -0.05) is 212 Å². The fourth-order valence-corrected chi connectivity index (χ4v) is 5.67. The average molecular weight is 505 g/mol. The van der Waals surface area contributed by atoms with Crippen molar-refractivity contribution in [2.24, 2.45) is 0 Å². The lowest BCUT2D eigenvalue weighted by molar-refractivity contribution is 0.512. The lowest BCUT2D eigenvalue weighted by atomic mass is 10.0. The first-order valence-corrected chi connectivity index (χ1v) is 17.5. The summed E-state index contributed by atoms with van der Waals surface area (Å²) in [6, 6.07) is 0. The quantitative estimate of drug-likeness (QED) is 0.0615. The van der Waals surface area contributed by atoms with Gasteiger partial charge in [-0.2, -0.15) is 0 Å². The van der Waals surface area contributed by atoms with E-state index < -0.39 is 0 Å². The smallest absolute Gasteiger partial charge is 0.0353 e. The Morgan fingerprint density at radius 1 is 0.278 bits per heavy atom. The van der Waals surface area contributed by atoms with Gasteiger partial charge in [-0.25, -0.2) is 0 Å². The van der Waals surface area contributed by atoms with E-state index in [1.807, 2.05) is 0 Å². The third kappa shape index (κ3) is 33.7. The minimum atomic E-state index is 1.21. The minimum absolute atomic E-state index is 1.21. The predicted octanol–water partition coefficient (Wildman–Crippen LogP) is 14.1. The van der Waals surface area contributed by atoms with E-state index in [2.05, 4.69) is 19.6 Å². The zero-order valence-corrected chi connectivity index (χ0v) is 25.6. The molecule has 0 fully saturated rings. The van der Waals surface area contributed by atoms with Crippen molar-refractivity contribution in [2.45, 2.75) is 219 Å². The molecule has 216 valence electrons. The molecule has 0 atom stereocenters. The highest BCUT2D eigenvalue weighted by molar-refractivity contribution is 4.65. The SMILES string of the molecule is C=CCCCCCCCCCCCCCCCCCCCCCCCCCCCCCCCCCC. The van der Waals surface area contributed by atoms with Crippen LogP contribution in [0, 0.1) is 0 Å². The van der Waals surface area contributed by atoms with Gasteiger partial charge in [0.25, 0.3) is 0 Å². The summed E-state index contributed by atoms with van der Waals surface area (Å²) in [5.74, 6) is 0. The van der Waals surface area contributed by atoms with Gasteiger partial charge >= 0.3 is 0 Å². The Kier molecular flexibility index (Phi) is 34.5. The van der Waals surface area contributed by atoms with Crippen LogP contribution in [0.15, 0.2) is 12.7 Å². The maximum atomic E-state index is 3.80. The second-order valence-electron chi connectivity index (χ2n) is 12.0. The maximum Gasteiger partial charge on any atom is -0.0353 e. The molecule has 0 aromatic carbocycles. The van der Waals surface area contributed by atoms with Gasteiger partial charge in [0, 0.05) is 0 Å². The molecule has 36 heavy (non-hydrogen) atoms. The van der Waals surface area contributed by atoms with E-state index in [4.69, 9.17) is 0 Å². The molecule has 0 heterocycles. The highest BCUT2D eigenvalue weighted by Gasteiger charge is 1.97. The monoisotopic (exact) mass is 505 g/mol. The molecular weight excluding hydrogens is 432 g/mol. The van der Waals surface area contributed by atoms with Crippen molar-refractivity contribution >= 4 is 0 Å². The highest BCUT2D eigenvalue weighted by atomic mass is 14.0. The number of unbranched alkanes of at least 4 members (excludes halogenated alkanes) is 32. The molecule has 0 aliphatic carbocycles. The fraction of sp³-hybridized carbons (Fsp3) is 0.944. The summed E-state index contributed by atoms with van der Waals surface area (Å²) in [5, 5.41) is 0. The fourth-order valence-electron chi connectivity index (χ4n) is 5.67. The molecule has 0 rings (SSSR count). The molecule has 0 radical (unpaired) electrons. The lowest BCUT2D eigenvalue weighted by Gasteiger charge is -2.04. The average Bonchev–Trinajstić information content (AvgIpc) is 2.89. The van der Waals surface area contributed by atoms with E-state index >= 15 is 0 Å². The van der Waals surface area contributed by atoms with Crippen LogP contribution in [0.2, 0.25) is 0 Å². The van der Waals surface area contributed by atoms with Crippen molar-refractivity contribution in [3.63, 3.8) is 0 Å². The van der Waals surface area contributed by atoms with E-state index in [1.54, 1.807) is 0 Å². The topological polar surface area (TPSA) is 0 Å². The van der Waals surface area contributed by atoms with E-state index in [-0.39, 0.29) is 0 Å². The van der Waals surface area contributed by atoms with E-state index in [1.165, 1.54) is 212 Å². The summed E-state index contributed by atoms with van der Waals surface area (Å²) in [6.45, 7) is 6.11. The Labute approximate surface area is 231 Å². The van der Waals surface area contributed by atoms with Crippen LogP contribution in [0.25, 0.3) is 0 Å². The summed E-state index contributed by atoms with van der Waals surface area (Å²) in [6.07, 6.45) is 50.4. The molecule has 0 aromatic heterocycles.